The molecule has 1 atom stereocenters. The number of nitrogens with one attached hydrogen (secondary N) is 1. The molecule has 1 aliphatic heterocycles. The summed E-state index contributed by atoms with van der Waals surface area (Å²) in [6, 6.07) is 20.0. The molecule has 0 aromatic heterocycles. The Kier molecular flexibility index (Phi) is 4.49. The van der Waals surface area contributed by atoms with Crippen LogP contribution in [0.1, 0.15) is 22.1 Å². The number of anilines is 2. The van der Waals surface area contributed by atoms with Gasteiger partial charge >= 0.3 is 0 Å². The molecule has 136 valence electrons. The number of aromatic hydroxyl groups is 1. The van der Waals surface area contributed by atoms with Gasteiger partial charge in [-0.15, -0.1) is 0 Å². The fourth-order valence-electron chi connectivity index (χ4n) is 3.21. The van der Waals surface area contributed by atoms with E-state index in [1.807, 2.05) is 42.5 Å². The number of fused-ring (bicyclic) bond motifs is 1. The third kappa shape index (κ3) is 3.13. The van der Waals surface area contributed by atoms with Gasteiger partial charge in [0.05, 0.1) is 22.8 Å². The molecule has 6 heteroatoms. The van der Waals surface area contributed by atoms with Gasteiger partial charge in [0.2, 0.25) is 0 Å². The molecule has 5 nitrogen and oxygen atoms in total. The van der Waals surface area contributed by atoms with E-state index in [-0.39, 0.29) is 11.7 Å². The zero-order chi connectivity index (χ0) is 19.0. The molecule has 0 fully saturated rings. The van der Waals surface area contributed by atoms with Gasteiger partial charge in [0.15, 0.2) is 0 Å². The molecule has 3 aromatic carbocycles. The summed E-state index contributed by atoms with van der Waals surface area (Å²) in [7, 11) is 1.60. The molecule has 0 radical (unpaired) electrons. The lowest BCUT2D eigenvalue weighted by Gasteiger charge is -2.38. The number of halogens is 1. The second-order valence-electron chi connectivity index (χ2n) is 6.18. The zero-order valence-corrected chi connectivity index (χ0v) is 16.1. The normalized spacial score (nSPS) is 15.9. The van der Waals surface area contributed by atoms with Gasteiger partial charge in [-0.3, -0.25) is 9.69 Å². The molecular formula is C21H17BrN2O3. The second-order valence-corrected chi connectivity index (χ2v) is 7.03. The summed E-state index contributed by atoms with van der Waals surface area (Å²) in [6.07, 6.45) is -0.434. The summed E-state index contributed by atoms with van der Waals surface area (Å²) in [5.74, 6) is 0.714. The average Bonchev–Trinajstić information content (AvgIpc) is 2.70. The lowest BCUT2D eigenvalue weighted by Crippen LogP contribution is -2.43. The molecule has 2 N–H and O–H groups in total. The highest BCUT2D eigenvalue weighted by atomic mass is 79.9. The molecule has 4 rings (SSSR count). The van der Waals surface area contributed by atoms with Crippen molar-refractivity contribution in [3.63, 3.8) is 0 Å². The van der Waals surface area contributed by atoms with Crippen molar-refractivity contribution >= 4 is 33.2 Å². The zero-order valence-electron chi connectivity index (χ0n) is 14.5. The summed E-state index contributed by atoms with van der Waals surface area (Å²) in [5.41, 5.74) is 2.94. The van der Waals surface area contributed by atoms with Crippen LogP contribution in [0.2, 0.25) is 0 Å². The number of ether oxygens (including phenoxy) is 1. The minimum atomic E-state index is -0.434. The molecule has 0 unspecified atom stereocenters. The summed E-state index contributed by atoms with van der Waals surface area (Å²) in [4.78, 5) is 15.0. The lowest BCUT2D eigenvalue weighted by atomic mass is 10.0. The Morgan fingerprint density at radius 1 is 1.07 bits per heavy atom. The highest BCUT2D eigenvalue weighted by Gasteiger charge is 2.34. The van der Waals surface area contributed by atoms with Crippen LogP contribution < -0.4 is 15.0 Å². The molecule has 0 bridgehead atoms. The van der Waals surface area contributed by atoms with E-state index in [0.29, 0.717) is 15.8 Å². The number of carbonyl (C=O) groups is 1. The summed E-state index contributed by atoms with van der Waals surface area (Å²) in [5, 5.41) is 13.3. The first kappa shape index (κ1) is 17.4. The Balaban J connectivity index is 1.87. The van der Waals surface area contributed by atoms with Crippen LogP contribution in [0.5, 0.6) is 11.5 Å². The molecule has 0 spiro atoms. The van der Waals surface area contributed by atoms with E-state index in [9.17, 15) is 9.90 Å². The van der Waals surface area contributed by atoms with Crippen molar-refractivity contribution in [2.24, 2.45) is 0 Å². The van der Waals surface area contributed by atoms with Crippen molar-refractivity contribution in [3.05, 3.63) is 82.3 Å². The monoisotopic (exact) mass is 424 g/mol. The van der Waals surface area contributed by atoms with Gasteiger partial charge in [0.1, 0.15) is 17.7 Å². The maximum absolute atomic E-state index is 13.3. The first-order valence-corrected chi connectivity index (χ1v) is 9.19. The topological polar surface area (TPSA) is 61.8 Å². The molecule has 27 heavy (non-hydrogen) atoms. The van der Waals surface area contributed by atoms with Crippen LogP contribution in [0.4, 0.5) is 11.4 Å². The van der Waals surface area contributed by atoms with Gasteiger partial charge in [-0.25, -0.2) is 0 Å². The van der Waals surface area contributed by atoms with Crippen molar-refractivity contribution in [2.45, 2.75) is 6.17 Å². The number of methoxy groups -OCH3 is 1. The van der Waals surface area contributed by atoms with E-state index in [4.69, 9.17) is 4.74 Å². The fraction of sp³-hybridized carbons (Fsp3) is 0.0952. The molecule has 3 aromatic rings. The molecule has 1 heterocycles. The number of benzene rings is 3. The number of nitrogens with zero attached hydrogens (tertiary/aromatic N) is 1. The van der Waals surface area contributed by atoms with Crippen LogP contribution >= 0.6 is 15.9 Å². The SMILES string of the molecule is COc1cccc(N2C(=O)c3ccccc3N[C@@H]2c2ccc(O)c(Br)c2)c1. The van der Waals surface area contributed by atoms with E-state index in [0.717, 1.165) is 16.9 Å². The van der Waals surface area contributed by atoms with Gasteiger partial charge in [0, 0.05) is 11.8 Å². The largest absolute Gasteiger partial charge is 0.507 e. The summed E-state index contributed by atoms with van der Waals surface area (Å²) >= 11 is 3.36. The van der Waals surface area contributed by atoms with Crippen LogP contribution in [-0.2, 0) is 0 Å². The molecule has 0 saturated heterocycles. The predicted molar refractivity (Wildman–Crippen MR) is 108 cm³/mol. The summed E-state index contributed by atoms with van der Waals surface area (Å²) in [6.45, 7) is 0. The number of rotatable bonds is 3. The third-order valence-electron chi connectivity index (χ3n) is 4.55. The fourth-order valence-corrected chi connectivity index (χ4v) is 3.60. The molecule has 1 amide bonds. The van der Waals surface area contributed by atoms with Crippen LogP contribution in [0, 0.1) is 0 Å². The van der Waals surface area contributed by atoms with Gasteiger partial charge in [-0.1, -0.05) is 24.3 Å². The summed E-state index contributed by atoms with van der Waals surface area (Å²) < 4.78 is 5.90. The van der Waals surface area contributed by atoms with E-state index in [1.165, 1.54) is 0 Å². The Morgan fingerprint density at radius 2 is 1.89 bits per heavy atom. The maximum Gasteiger partial charge on any atom is 0.262 e. The highest BCUT2D eigenvalue weighted by molar-refractivity contribution is 9.10. The minimum Gasteiger partial charge on any atom is -0.507 e. The highest BCUT2D eigenvalue weighted by Crippen LogP contribution is 2.39. The first-order chi connectivity index (χ1) is 13.1. The van der Waals surface area contributed by atoms with Gasteiger partial charge in [-0.2, -0.15) is 0 Å². The van der Waals surface area contributed by atoms with Crippen molar-refractivity contribution in [1.29, 1.82) is 0 Å². The number of amides is 1. The second kappa shape index (κ2) is 6.96. The van der Waals surface area contributed by atoms with Crippen LogP contribution in [0.15, 0.2) is 71.2 Å². The molecule has 0 aliphatic carbocycles. The number of phenols is 1. The Morgan fingerprint density at radius 3 is 2.67 bits per heavy atom. The van der Waals surface area contributed by atoms with Crippen LogP contribution in [0.3, 0.4) is 0 Å². The Labute approximate surface area is 165 Å². The van der Waals surface area contributed by atoms with Crippen molar-refractivity contribution in [1.82, 2.24) is 0 Å². The Hall–Kier alpha value is -2.99. The number of hydrogen-bond acceptors (Lipinski definition) is 4. The van der Waals surface area contributed by atoms with Crippen molar-refractivity contribution in [3.8, 4) is 11.5 Å². The minimum absolute atomic E-state index is 0.105. The van der Waals surface area contributed by atoms with Crippen LogP contribution in [-0.4, -0.2) is 18.1 Å². The molecular weight excluding hydrogens is 408 g/mol. The smallest absolute Gasteiger partial charge is 0.262 e. The van der Waals surface area contributed by atoms with E-state index < -0.39 is 6.17 Å². The predicted octanol–water partition coefficient (Wildman–Crippen LogP) is 4.93. The average molecular weight is 425 g/mol. The number of hydrogen-bond donors (Lipinski definition) is 2. The quantitative estimate of drug-likeness (QED) is 0.625. The van der Waals surface area contributed by atoms with Crippen LogP contribution in [0.25, 0.3) is 0 Å². The Bertz CT molecular complexity index is 1020. The standard InChI is InChI=1S/C21H17BrN2O3/c1-27-15-6-4-5-14(12-15)24-20(13-9-10-19(25)17(22)11-13)23-18-8-3-2-7-16(18)21(24)26/h2-12,20,23,25H,1H3/t20-/m0/s1. The number of para-hydroxylation sites is 1. The third-order valence-corrected chi connectivity index (χ3v) is 5.18. The first-order valence-electron chi connectivity index (χ1n) is 8.40. The van der Waals surface area contributed by atoms with Crippen molar-refractivity contribution in [2.75, 3.05) is 17.3 Å². The van der Waals surface area contributed by atoms with Gasteiger partial charge in [-0.05, 0) is 57.9 Å². The molecule has 0 saturated carbocycles. The van der Waals surface area contributed by atoms with E-state index >= 15 is 0 Å². The van der Waals surface area contributed by atoms with Gasteiger partial charge < -0.3 is 15.2 Å². The number of phenolic OH excluding ortho intramolecular Hbond substituents is 1. The van der Waals surface area contributed by atoms with E-state index in [2.05, 4.69) is 21.2 Å². The maximum atomic E-state index is 13.3. The van der Waals surface area contributed by atoms with E-state index in [1.54, 1.807) is 36.3 Å². The number of carbonyl (C=O) groups excluding carboxylic acids is 1. The van der Waals surface area contributed by atoms with Gasteiger partial charge in [0.25, 0.3) is 5.91 Å². The molecule has 1 aliphatic rings. The lowest BCUT2D eigenvalue weighted by molar-refractivity contribution is 0.0975. The van der Waals surface area contributed by atoms with Crippen molar-refractivity contribution < 1.29 is 14.6 Å².